The molecular formula is C9H9F2NO2. The van der Waals surface area contributed by atoms with Crippen molar-refractivity contribution in [2.24, 2.45) is 0 Å². The summed E-state index contributed by atoms with van der Waals surface area (Å²) >= 11 is 0. The first kappa shape index (κ1) is 10.7. The van der Waals surface area contributed by atoms with E-state index < -0.39 is 17.7 Å². The minimum Gasteiger partial charge on any atom is -0.365 e. The lowest BCUT2D eigenvalue weighted by Gasteiger charge is -2.09. The van der Waals surface area contributed by atoms with E-state index in [2.05, 4.69) is 4.98 Å². The van der Waals surface area contributed by atoms with Gasteiger partial charge in [-0.3, -0.25) is 9.78 Å². The fourth-order valence-corrected chi connectivity index (χ4v) is 0.997. The molecule has 0 fully saturated rings. The van der Waals surface area contributed by atoms with Crippen LogP contribution in [0.15, 0.2) is 12.3 Å². The molecule has 0 aliphatic rings. The van der Waals surface area contributed by atoms with Gasteiger partial charge >= 0.3 is 0 Å². The molecule has 0 N–H and O–H groups in total. The highest BCUT2D eigenvalue weighted by molar-refractivity contribution is 5.58. The Balaban J connectivity index is 2.98. The van der Waals surface area contributed by atoms with E-state index in [1.807, 2.05) is 0 Å². The van der Waals surface area contributed by atoms with E-state index in [0.29, 0.717) is 12.4 Å². The molecule has 0 spiro atoms. The van der Waals surface area contributed by atoms with E-state index >= 15 is 0 Å². The molecule has 0 amide bonds. The molecule has 1 rings (SSSR count). The number of hydrogen-bond acceptors (Lipinski definition) is 3. The van der Waals surface area contributed by atoms with Crippen LogP contribution in [0.1, 0.15) is 18.7 Å². The number of ether oxygens (including phenoxy) is 1. The van der Waals surface area contributed by atoms with Crippen LogP contribution in [0.3, 0.4) is 0 Å². The second-order valence-electron chi connectivity index (χ2n) is 2.53. The van der Waals surface area contributed by atoms with Crippen LogP contribution in [0.5, 0.6) is 0 Å². The van der Waals surface area contributed by atoms with Gasteiger partial charge in [0, 0.05) is 12.7 Å². The van der Waals surface area contributed by atoms with Gasteiger partial charge in [-0.05, 0) is 6.92 Å². The molecule has 1 aromatic rings. The molecule has 0 aliphatic carbocycles. The van der Waals surface area contributed by atoms with Gasteiger partial charge in [0.2, 0.25) is 0 Å². The summed E-state index contributed by atoms with van der Waals surface area (Å²) in [6.45, 7) is 1.92. The number of carbonyl (C=O) groups is 1. The number of aromatic nitrogens is 1. The molecule has 5 heteroatoms. The van der Waals surface area contributed by atoms with Crippen molar-refractivity contribution in [1.82, 2.24) is 4.98 Å². The number of carbonyl (C=O) groups excluding carboxylic acids is 1. The third kappa shape index (κ3) is 2.32. The smallest absolute Gasteiger partial charge is 0.157 e. The van der Waals surface area contributed by atoms with Gasteiger partial charge in [0.05, 0.1) is 6.20 Å². The van der Waals surface area contributed by atoms with Gasteiger partial charge < -0.3 is 4.74 Å². The molecule has 0 saturated heterocycles. The molecule has 0 radical (unpaired) electrons. The zero-order valence-electron chi connectivity index (χ0n) is 7.54. The quantitative estimate of drug-likeness (QED) is 0.695. The van der Waals surface area contributed by atoms with Crippen LogP contribution in [0.25, 0.3) is 0 Å². The molecule has 0 saturated carbocycles. The lowest BCUT2D eigenvalue weighted by atomic mass is 10.2. The van der Waals surface area contributed by atoms with Crippen molar-refractivity contribution < 1.29 is 18.3 Å². The summed E-state index contributed by atoms with van der Waals surface area (Å²) < 4.78 is 30.4. The van der Waals surface area contributed by atoms with Crippen molar-refractivity contribution >= 4 is 6.29 Å². The molecule has 0 aliphatic heterocycles. The summed E-state index contributed by atoms with van der Waals surface area (Å²) in [5, 5.41) is 0. The highest BCUT2D eigenvalue weighted by atomic mass is 19.1. The molecule has 76 valence electrons. The first-order valence-electron chi connectivity index (χ1n) is 4.06. The number of pyridine rings is 1. The fraction of sp³-hybridized carbons (Fsp3) is 0.333. The Kier molecular flexibility index (Phi) is 3.64. The van der Waals surface area contributed by atoms with Crippen LogP contribution in [0.4, 0.5) is 8.78 Å². The van der Waals surface area contributed by atoms with Crippen molar-refractivity contribution in [3.8, 4) is 0 Å². The molecule has 0 aromatic carbocycles. The first-order valence-corrected chi connectivity index (χ1v) is 4.06. The Morgan fingerprint density at radius 2 is 2.36 bits per heavy atom. The molecule has 1 heterocycles. The first-order chi connectivity index (χ1) is 6.69. The Hall–Kier alpha value is -1.36. The molecule has 0 bridgehead atoms. The molecule has 1 aromatic heterocycles. The van der Waals surface area contributed by atoms with Gasteiger partial charge in [-0.15, -0.1) is 0 Å². The summed E-state index contributed by atoms with van der Waals surface area (Å²) in [5.74, 6) is -1.66. The van der Waals surface area contributed by atoms with E-state index in [-0.39, 0.29) is 12.3 Å². The Bertz CT molecular complexity index is 331. The van der Waals surface area contributed by atoms with Crippen LogP contribution in [-0.2, 0) is 9.53 Å². The van der Waals surface area contributed by atoms with E-state index in [1.165, 1.54) is 0 Å². The zero-order valence-corrected chi connectivity index (χ0v) is 7.54. The molecular weight excluding hydrogens is 192 g/mol. The van der Waals surface area contributed by atoms with E-state index in [4.69, 9.17) is 4.74 Å². The lowest BCUT2D eigenvalue weighted by Crippen LogP contribution is -2.10. The van der Waals surface area contributed by atoms with Crippen LogP contribution in [0.2, 0.25) is 0 Å². The van der Waals surface area contributed by atoms with Crippen LogP contribution < -0.4 is 0 Å². The summed E-state index contributed by atoms with van der Waals surface area (Å²) in [7, 11) is 0. The predicted molar refractivity (Wildman–Crippen MR) is 44.6 cm³/mol. The third-order valence-corrected chi connectivity index (χ3v) is 1.58. The standard InChI is InChI=1S/C9H9F2NO2/c1-2-14-8(5-13)9-7(11)3-6(10)4-12-9/h3-5,8H,2H2,1H3. The monoisotopic (exact) mass is 201 g/mol. The maximum Gasteiger partial charge on any atom is 0.157 e. The van der Waals surface area contributed by atoms with Crippen molar-refractivity contribution in [2.45, 2.75) is 13.0 Å². The second-order valence-corrected chi connectivity index (χ2v) is 2.53. The zero-order chi connectivity index (χ0) is 10.6. The van der Waals surface area contributed by atoms with Crippen molar-refractivity contribution in [3.63, 3.8) is 0 Å². The lowest BCUT2D eigenvalue weighted by molar-refractivity contribution is -0.118. The Morgan fingerprint density at radius 3 is 2.86 bits per heavy atom. The van der Waals surface area contributed by atoms with Gasteiger partial charge in [0.25, 0.3) is 0 Å². The normalized spacial score (nSPS) is 12.5. The molecule has 1 unspecified atom stereocenters. The fourth-order valence-electron chi connectivity index (χ4n) is 0.997. The third-order valence-electron chi connectivity index (χ3n) is 1.58. The maximum absolute atomic E-state index is 13.1. The van der Waals surface area contributed by atoms with Crippen molar-refractivity contribution in [2.75, 3.05) is 6.61 Å². The average molecular weight is 201 g/mol. The van der Waals surface area contributed by atoms with E-state index in [9.17, 15) is 13.6 Å². The van der Waals surface area contributed by atoms with Crippen LogP contribution in [-0.4, -0.2) is 17.9 Å². The van der Waals surface area contributed by atoms with Gasteiger partial charge in [-0.1, -0.05) is 0 Å². The number of halogens is 2. The topological polar surface area (TPSA) is 39.2 Å². The number of rotatable bonds is 4. The SMILES string of the molecule is CCOC(C=O)c1ncc(F)cc1F. The maximum atomic E-state index is 13.1. The van der Waals surface area contributed by atoms with Crippen LogP contribution in [0, 0.1) is 11.6 Å². The predicted octanol–water partition coefficient (Wildman–Crippen LogP) is 1.64. The van der Waals surface area contributed by atoms with Gasteiger partial charge in [0.1, 0.15) is 11.5 Å². The van der Waals surface area contributed by atoms with Gasteiger partial charge in [-0.2, -0.15) is 0 Å². The van der Waals surface area contributed by atoms with E-state index in [0.717, 1.165) is 6.20 Å². The van der Waals surface area contributed by atoms with Gasteiger partial charge in [-0.25, -0.2) is 8.78 Å². The minimum absolute atomic E-state index is 0.191. The average Bonchev–Trinajstić information content (AvgIpc) is 2.15. The summed E-state index contributed by atoms with van der Waals surface area (Å²) in [6, 6.07) is 0.665. The highest BCUT2D eigenvalue weighted by Crippen LogP contribution is 2.16. The molecule has 3 nitrogen and oxygen atoms in total. The summed E-state index contributed by atoms with van der Waals surface area (Å²) in [4.78, 5) is 14.0. The van der Waals surface area contributed by atoms with E-state index in [1.54, 1.807) is 6.92 Å². The number of aldehydes is 1. The van der Waals surface area contributed by atoms with Crippen molar-refractivity contribution in [3.05, 3.63) is 29.6 Å². The minimum atomic E-state index is -1.07. The van der Waals surface area contributed by atoms with Crippen molar-refractivity contribution in [1.29, 1.82) is 0 Å². The number of hydrogen-bond donors (Lipinski definition) is 0. The summed E-state index contributed by atoms with van der Waals surface area (Å²) in [6.07, 6.45) is 0.196. The summed E-state index contributed by atoms with van der Waals surface area (Å²) in [5.41, 5.74) is -0.191. The second kappa shape index (κ2) is 4.76. The molecule has 1 atom stereocenters. The number of nitrogens with zero attached hydrogens (tertiary/aromatic N) is 1. The van der Waals surface area contributed by atoms with Gasteiger partial charge in [0.15, 0.2) is 18.2 Å². The highest BCUT2D eigenvalue weighted by Gasteiger charge is 2.17. The van der Waals surface area contributed by atoms with Crippen LogP contribution >= 0.6 is 0 Å². The largest absolute Gasteiger partial charge is 0.365 e. The molecule has 14 heavy (non-hydrogen) atoms. The Morgan fingerprint density at radius 1 is 1.64 bits per heavy atom. The Labute approximate surface area is 79.7 Å².